The number of carbonyl (C=O) groups excluding carboxylic acids is 4. The van der Waals surface area contributed by atoms with Gasteiger partial charge in [-0.25, -0.2) is 14.8 Å². The van der Waals surface area contributed by atoms with Crippen LogP contribution in [0.15, 0.2) is 30.3 Å². The molecule has 2 aliphatic heterocycles. The number of imide groups is 1. The Morgan fingerprint density at radius 2 is 2.00 bits per heavy atom. The van der Waals surface area contributed by atoms with E-state index >= 15 is 0 Å². The molecule has 5 amide bonds. The van der Waals surface area contributed by atoms with Crippen LogP contribution in [0.2, 0.25) is 0 Å². The molecule has 2 atom stereocenters. The summed E-state index contributed by atoms with van der Waals surface area (Å²) in [7, 11) is 1.61. The standard InChI is InChI=1S/C26H28N6O5S/c1-13(2)26(3,24-28-16-7-5-14(37-4)11-19(16)38-24)31-25(36)29-20-9-6-15-17(27-20)12-32(23(15)35)18-8-10-21(33)30-22(18)34/h5-7,9,11,13,18H,8,10,12H2,1-4H3,(H,30,33,34)(H2,27,29,31,36). The number of ether oxygens (including phenoxy) is 1. The lowest BCUT2D eigenvalue weighted by Gasteiger charge is -2.32. The SMILES string of the molecule is COc1ccc2nc(C(C)(NC(=O)Nc3ccc4c(n3)CN(C3CCC(=O)NC3=O)C4=O)C(C)C)sc2c1. The molecule has 0 spiro atoms. The maximum atomic E-state index is 13.1. The third-order valence-electron chi connectivity index (χ3n) is 7.18. The van der Waals surface area contributed by atoms with Gasteiger partial charge in [0.25, 0.3) is 5.91 Å². The number of hydrogen-bond donors (Lipinski definition) is 3. The van der Waals surface area contributed by atoms with Gasteiger partial charge in [0.2, 0.25) is 11.8 Å². The molecule has 11 nitrogen and oxygen atoms in total. The van der Waals surface area contributed by atoms with Crippen LogP contribution >= 0.6 is 11.3 Å². The highest BCUT2D eigenvalue weighted by molar-refractivity contribution is 7.18. The van der Waals surface area contributed by atoms with Crippen molar-refractivity contribution >= 4 is 51.1 Å². The Morgan fingerprint density at radius 3 is 2.71 bits per heavy atom. The number of benzene rings is 1. The highest BCUT2D eigenvalue weighted by Crippen LogP contribution is 2.36. The summed E-state index contributed by atoms with van der Waals surface area (Å²) in [5, 5.41) is 8.87. The third-order valence-corrected chi connectivity index (χ3v) is 8.44. The van der Waals surface area contributed by atoms with Crippen molar-refractivity contribution in [3.8, 4) is 5.75 Å². The van der Waals surface area contributed by atoms with Crippen LogP contribution in [-0.2, 0) is 21.7 Å². The Kier molecular flexibility index (Phi) is 6.51. The number of nitrogens with zero attached hydrogens (tertiary/aromatic N) is 3. The summed E-state index contributed by atoms with van der Waals surface area (Å²) >= 11 is 1.49. The zero-order chi connectivity index (χ0) is 27.2. The van der Waals surface area contributed by atoms with Crippen molar-refractivity contribution in [1.82, 2.24) is 25.5 Å². The van der Waals surface area contributed by atoms with Crippen LogP contribution in [0, 0.1) is 5.92 Å². The van der Waals surface area contributed by atoms with Crippen molar-refractivity contribution in [2.45, 2.75) is 51.7 Å². The Hall–Kier alpha value is -4.06. The Balaban J connectivity index is 1.31. The normalized spacial score (nSPS) is 18.8. The van der Waals surface area contributed by atoms with Crippen LogP contribution in [0.5, 0.6) is 5.75 Å². The summed E-state index contributed by atoms with van der Waals surface area (Å²) < 4.78 is 6.28. The maximum absolute atomic E-state index is 13.1. The van der Waals surface area contributed by atoms with E-state index in [0.29, 0.717) is 11.3 Å². The Morgan fingerprint density at radius 1 is 1.21 bits per heavy atom. The van der Waals surface area contributed by atoms with Gasteiger partial charge in [-0.05, 0) is 49.6 Å². The van der Waals surface area contributed by atoms with Crippen LogP contribution in [0.25, 0.3) is 10.2 Å². The summed E-state index contributed by atoms with van der Waals surface area (Å²) in [4.78, 5) is 60.4. The molecule has 0 bridgehead atoms. The second kappa shape index (κ2) is 9.67. The van der Waals surface area contributed by atoms with E-state index in [4.69, 9.17) is 9.72 Å². The Bertz CT molecular complexity index is 1470. The molecule has 5 rings (SSSR count). The minimum Gasteiger partial charge on any atom is -0.497 e. The molecule has 38 heavy (non-hydrogen) atoms. The second-order valence-electron chi connectivity index (χ2n) is 9.88. The molecule has 12 heteroatoms. The quantitative estimate of drug-likeness (QED) is 0.411. The lowest BCUT2D eigenvalue weighted by molar-refractivity contribution is -0.136. The second-order valence-corrected chi connectivity index (χ2v) is 10.9. The minimum atomic E-state index is -0.768. The first-order valence-electron chi connectivity index (χ1n) is 12.3. The van der Waals surface area contributed by atoms with Gasteiger partial charge in [-0.15, -0.1) is 11.3 Å². The zero-order valence-electron chi connectivity index (χ0n) is 21.5. The van der Waals surface area contributed by atoms with Crippen LogP contribution in [0.3, 0.4) is 0 Å². The number of anilines is 1. The number of hydrogen-bond acceptors (Lipinski definition) is 8. The van der Waals surface area contributed by atoms with Crippen LogP contribution < -0.4 is 20.7 Å². The average Bonchev–Trinajstić information content (AvgIpc) is 3.44. The number of urea groups is 1. The van der Waals surface area contributed by atoms with Gasteiger partial charge in [0.05, 0.1) is 40.7 Å². The molecule has 1 aromatic carbocycles. The van der Waals surface area contributed by atoms with Crippen molar-refractivity contribution in [3.63, 3.8) is 0 Å². The molecule has 4 heterocycles. The number of aromatic nitrogens is 2. The maximum Gasteiger partial charge on any atom is 0.321 e. The van der Waals surface area contributed by atoms with Gasteiger partial charge in [-0.3, -0.25) is 25.0 Å². The molecule has 3 aromatic rings. The fourth-order valence-electron chi connectivity index (χ4n) is 4.59. The molecule has 2 aromatic heterocycles. The van der Waals surface area contributed by atoms with Gasteiger partial charge in [0, 0.05) is 6.42 Å². The van der Waals surface area contributed by atoms with Crippen molar-refractivity contribution in [2.75, 3.05) is 12.4 Å². The number of thiazole rings is 1. The highest BCUT2D eigenvalue weighted by atomic mass is 32.1. The number of amides is 5. The summed E-state index contributed by atoms with van der Waals surface area (Å²) in [6.45, 7) is 6.07. The van der Waals surface area contributed by atoms with Gasteiger partial charge in [0.15, 0.2) is 0 Å². The van der Waals surface area contributed by atoms with Crippen molar-refractivity contribution < 1.29 is 23.9 Å². The lowest BCUT2D eigenvalue weighted by Crippen LogP contribution is -2.52. The number of pyridine rings is 1. The molecule has 2 aliphatic rings. The van der Waals surface area contributed by atoms with Crippen LogP contribution in [-0.4, -0.2) is 51.8 Å². The first-order chi connectivity index (χ1) is 18.1. The molecular formula is C26H28N6O5S. The molecule has 2 unspecified atom stereocenters. The van der Waals surface area contributed by atoms with Gasteiger partial charge >= 0.3 is 6.03 Å². The number of piperidine rings is 1. The molecule has 0 saturated carbocycles. The van der Waals surface area contributed by atoms with E-state index in [2.05, 4.69) is 20.9 Å². The number of fused-ring (bicyclic) bond motifs is 2. The number of methoxy groups -OCH3 is 1. The first-order valence-corrected chi connectivity index (χ1v) is 13.1. The summed E-state index contributed by atoms with van der Waals surface area (Å²) in [5.41, 5.74) is 0.892. The van der Waals surface area contributed by atoms with Crippen molar-refractivity contribution in [1.29, 1.82) is 0 Å². The van der Waals surface area contributed by atoms with E-state index in [-0.39, 0.29) is 42.9 Å². The van der Waals surface area contributed by atoms with E-state index in [1.54, 1.807) is 19.2 Å². The van der Waals surface area contributed by atoms with E-state index in [1.807, 2.05) is 39.0 Å². The monoisotopic (exact) mass is 536 g/mol. The largest absolute Gasteiger partial charge is 0.497 e. The molecular weight excluding hydrogens is 508 g/mol. The predicted octanol–water partition coefficient (Wildman–Crippen LogP) is 3.15. The zero-order valence-corrected chi connectivity index (χ0v) is 22.3. The van der Waals surface area contributed by atoms with E-state index in [9.17, 15) is 19.2 Å². The van der Waals surface area contributed by atoms with E-state index < -0.39 is 23.5 Å². The molecule has 1 saturated heterocycles. The van der Waals surface area contributed by atoms with Gasteiger partial charge in [-0.2, -0.15) is 0 Å². The van der Waals surface area contributed by atoms with Crippen molar-refractivity contribution in [3.05, 3.63) is 46.6 Å². The lowest BCUT2D eigenvalue weighted by atomic mass is 9.89. The smallest absolute Gasteiger partial charge is 0.321 e. The summed E-state index contributed by atoms with van der Waals surface area (Å²) in [5.74, 6) is -0.117. The topological polar surface area (TPSA) is 143 Å². The molecule has 1 fully saturated rings. The first kappa shape index (κ1) is 25.6. The summed E-state index contributed by atoms with van der Waals surface area (Å²) in [6, 6.07) is 7.63. The Labute approximate surface area is 223 Å². The number of rotatable bonds is 6. The van der Waals surface area contributed by atoms with Crippen LogP contribution in [0.4, 0.5) is 10.6 Å². The number of nitrogens with one attached hydrogen (secondary N) is 3. The molecule has 0 aliphatic carbocycles. The van der Waals surface area contributed by atoms with Crippen molar-refractivity contribution in [2.24, 2.45) is 5.92 Å². The average molecular weight is 537 g/mol. The highest BCUT2D eigenvalue weighted by Gasteiger charge is 2.40. The number of carbonyl (C=O) groups is 4. The molecule has 0 radical (unpaired) electrons. The molecule has 198 valence electrons. The fourth-order valence-corrected chi connectivity index (χ4v) is 5.83. The third kappa shape index (κ3) is 4.55. The van der Waals surface area contributed by atoms with Gasteiger partial charge in [-0.1, -0.05) is 13.8 Å². The minimum absolute atomic E-state index is 0.0170. The van der Waals surface area contributed by atoms with E-state index in [1.165, 1.54) is 16.2 Å². The van der Waals surface area contributed by atoms with Gasteiger partial charge < -0.3 is 15.0 Å². The van der Waals surface area contributed by atoms with Crippen LogP contribution in [0.1, 0.15) is 54.7 Å². The summed E-state index contributed by atoms with van der Waals surface area (Å²) in [6.07, 6.45) is 0.442. The molecule has 3 N–H and O–H groups in total. The van der Waals surface area contributed by atoms with Gasteiger partial charge in [0.1, 0.15) is 22.6 Å². The van der Waals surface area contributed by atoms with E-state index in [0.717, 1.165) is 21.0 Å². The fraction of sp³-hybridized carbons (Fsp3) is 0.385. The predicted molar refractivity (Wildman–Crippen MR) is 141 cm³/mol.